The number of nitrogens with one attached hydrogen (secondary N) is 1. The lowest BCUT2D eigenvalue weighted by Gasteiger charge is -2.10. The van der Waals surface area contributed by atoms with E-state index < -0.39 is 6.09 Å². The smallest absolute Gasteiger partial charge is 0.412 e. The molecule has 0 unspecified atom stereocenters. The molecule has 0 aliphatic carbocycles. The molecule has 0 aromatic heterocycles. The lowest BCUT2D eigenvalue weighted by Crippen LogP contribution is -2.13. The molecule has 0 saturated carbocycles. The number of aromatic hydroxyl groups is 1. The molecular weight excluding hydrogens is 302 g/mol. The molecule has 3 aromatic rings. The lowest BCUT2D eigenvalue weighted by atomic mass is 10.1. The molecular formula is C20H17NO3. The molecule has 0 aliphatic heterocycles. The second-order valence-electron chi connectivity index (χ2n) is 5.28. The van der Waals surface area contributed by atoms with Crippen LogP contribution in [0.2, 0.25) is 0 Å². The van der Waals surface area contributed by atoms with Crippen molar-refractivity contribution in [2.45, 2.75) is 6.61 Å². The number of hydrogen-bond acceptors (Lipinski definition) is 3. The largest absolute Gasteiger partial charge is 0.506 e. The summed E-state index contributed by atoms with van der Waals surface area (Å²) in [6.45, 7) is 0.176. The number of amides is 1. The number of carbonyl (C=O) groups excluding carboxylic acids is 1. The Bertz CT molecular complexity index is 817. The molecule has 120 valence electrons. The highest BCUT2D eigenvalue weighted by molar-refractivity contribution is 5.87. The number of carbonyl (C=O) groups is 1. The number of rotatable bonds is 4. The summed E-state index contributed by atoms with van der Waals surface area (Å²) in [5.41, 5.74) is 3.08. The summed E-state index contributed by atoms with van der Waals surface area (Å²) in [4.78, 5) is 11.8. The number of ether oxygens (including phenoxy) is 1. The van der Waals surface area contributed by atoms with Crippen LogP contribution in [0.4, 0.5) is 10.5 Å². The third kappa shape index (κ3) is 3.93. The molecule has 4 nitrogen and oxygen atoms in total. The Morgan fingerprint density at radius 1 is 0.875 bits per heavy atom. The Balaban J connectivity index is 1.64. The zero-order chi connectivity index (χ0) is 16.8. The third-order valence-corrected chi connectivity index (χ3v) is 3.55. The number of hydrogen-bond donors (Lipinski definition) is 2. The van der Waals surface area contributed by atoms with Gasteiger partial charge in [0.05, 0.1) is 5.69 Å². The highest BCUT2D eigenvalue weighted by Crippen LogP contribution is 2.29. The molecule has 0 heterocycles. The maximum Gasteiger partial charge on any atom is 0.412 e. The molecule has 0 radical (unpaired) electrons. The van der Waals surface area contributed by atoms with E-state index in [0.29, 0.717) is 5.69 Å². The number of benzene rings is 3. The quantitative estimate of drug-likeness (QED) is 0.679. The molecule has 2 N–H and O–H groups in total. The van der Waals surface area contributed by atoms with Crippen molar-refractivity contribution >= 4 is 11.8 Å². The third-order valence-electron chi connectivity index (χ3n) is 3.55. The van der Waals surface area contributed by atoms with Crippen LogP contribution >= 0.6 is 0 Å². The topological polar surface area (TPSA) is 58.6 Å². The molecule has 24 heavy (non-hydrogen) atoms. The minimum Gasteiger partial charge on any atom is -0.506 e. The van der Waals surface area contributed by atoms with Crippen LogP contribution in [0, 0.1) is 0 Å². The van der Waals surface area contributed by atoms with Crippen LogP contribution in [0.3, 0.4) is 0 Å². The van der Waals surface area contributed by atoms with E-state index in [4.69, 9.17) is 4.74 Å². The molecule has 0 bridgehead atoms. The fraction of sp³-hybridized carbons (Fsp3) is 0.0500. The Kier molecular flexibility index (Phi) is 4.77. The van der Waals surface area contributed by atoms with Gasteiger partial charge in [0.1, 0.15) is 12.4 Å². The van der Waals surface area contributed by atoms with Crippen LogP contribution in [0.1, 0.15) is 5.56 Å². The molecule has 3 rings (SSSR count). The van der Waals surface area contributed by atoms with Crippen molar-refractivity contribution in [2.75, 3.05) is 5.32 Å². The van der Waals surface area contributed by atoms with Gasteiger partial charge in [-0.3, -0.25) is 5.32 Å². The van der Waals surface area contributed by atoms with Gasteiger partial charge >= 0.3 is 6.09 Å². The predicted molar refractivity (Wildman–Crippen MR) is 93.8 cm³/mol. The van der Waals surface area contributed by atoms with Crippen molar-refractivity contribution in [1.82, 2.24) is 0 Å². The first-order valence-electron chi connectivity index (χ1n) is 7.58. The van der Waals surface area contributed by atoms with Crippen LogP contribution < -0.4 is 5.32 Å². The van der Waals surface area contributed by atoms with E-state index in [0.717, 1.165) is 16.7 Å². The summed E-state index contributed by atoms with van der Waals surface area (Å²) < 4.78 is 5.14. The molecule has 4 heteroatoms. The van der Waals surface area contributed by atoms with Crippen molar-refractivity contribution < 1.29 is 14.6 Å². The van der Waals surface area contributed by atoms with Gasteiger partial charge in [-0.1, -0.05) is 66.7 Å². The van der Waals surface area contributed by atoms with Crippen molar-refractivity contribution in [2.24, 2.45) is 0 Å². The van der Waals surface area contributed by atoms with Gasteiger partial charge in [0.25, 0.3) is 0 Å². The summed E-state index contributed by atoms with van der Waals surface area (Å²) in [6.07, 6.45) is -0.610. The summed E-state index contributed by atoms with van der Waals surface area (Å²) in [6, 6.07) is 24.2. The molecule has 0 fully saturated rings. The average Bonchev–Trinajstić information content (AvgIpc) is 2.63. The second kappa shape index (κ2) is 7.33. The fourth-order valence-corrected chi connectivity index (χ4v) is 2.32. The maximum absolute atomic E-state index is 11.8. The molecule has 0 spiro atoms. The van der Waals surface area contributed by atoms with Gasteiger partial charge < -0.3 is 9.84 Å². The highest BCUT2D eigenvalue weighted by atomic mass is 16.5. The van der Waals surface area contributed by atoms with Crippen molar-refractivity contribution in [1.29, 1.82) is 0 Å². The first-order chi connectivity index (χ1) is 11.7. The van der Waals surface area contributed by atoms with Crippen LogP contribution in [0.25, 0.3) is 11.1 Å². The summed E-state index contributed by atoms with van der Waals surface area (Å²) in [7, 11) is 0. The first-order valence-corrected chi connectivity index (χ1v) is 7.58. The van der Waals surface area contributed by atoms with E-state index in [-0.39, 0.29) is 12.4 Å². The van der Waals surface area contributed by atoms with Crippen LogP contribution in [0.5, 0.6) is 5.75 Å². The van der Waals surface area contributed by atoms with Crippen LogP contribution in [-0.4, -0.2) is 11.2 Å². The van der Waals surface area contributed by atoms with Gasteiger partial charge in [-0.15, -0.1) is 0 Å². The van der Waals surface area contributed by atoms with Gasteiger partial charge in [0.15, 0.2) is 0 Å². The Morgan fingerprint density at radius 2 is 1.54 bits per heavy atom. The van der Waals surface area contributed by atoms with Crippen molar-refractivity contribution in [3.8, 4) is 16.9 Å². The first kappa shape index (κ1) is 15.6. The van der Waals surface area contributed by atoms with E-state index in [1.54, 1.807) is 12.1 Å². The Morgan fingerprint density at radius 3 is 2.21 bits per heavy atom. The summed E-state index contributed by atoms with van der Waals surface area (Å²) in [5, 5.41) is 12.7. The standard InChI is InChI=1S/C20H17NO3/c22-19-13-17(16-9-5-2-6-10-16)11-12-18(19)21-20(23)24-14-15-7-3-1-4-8-15/h1-13,22H,14H2,(H,21,23). The van der Waals surface area contributed by atoms with Crippen LogP contribution in [0.15, 0.2) is 78.9 Å². The van der Waals surface area contributed by atoms with Crippen LogP contribution in [-0.2, 0) is 11.3 Å². The van der Waals surface area contributed by atoms with Gasteiger partial charge in [-0.05, 0) is 28.8 Å². The lowest BCUT2D eigenvalue weighted by molar-refractivity contribution is 0.155. The number of phenolic OH excluding ortho intramolecular Hbond substituents is 1. The molecule has 3 aromatic carbocycles. The number of phenols is 1. The minimum atomic E-state index is -0.610. The zero-order valence-electron chi connectivity index (χ0n) is 13.0. The summed E-state index contributed by atoms with van der Waals surface area (Å²) in [5.74, 6) is -0.00647. The van der Waals surface area contributed by atoms with E-state index in [1.807, 2.05) is 66.7 Å². The maximum atomic E-state index is 11.8. The van der Waals surface area contributed by atoms with Gasteiger partial charge in [-0.25, -0.2) is 4.79 Å². The van der Waals surface area contributed by atoms with Gasteiger partial charge in [0.2, 0.25) is 0 Å². The molecule has 0 saturated heterocycles. The van der Waals surface area contributed by atoms with E-state index in [9.17, 15) is 9.90 Å². The van der Waals surface area contributed by atoms with Crippen molar-refractivity contribution in [3.05, 3.63) is 84.4 Å². The highest BCUT2D eigenvalue weighted by Gasteiger charge is 2.09. The van der Waals surface area contributed by atoms with E-state index in [2.05, 4.69) is 5.32 Å². The number of anilines is 1. The molecule has 1 amide bonds. The normalized spacial score (nSPS) is 10.2. The average molecular weight is 319 g/mol. The fourth-order valence-electron chi connectivity index (χ4n) is 2.32. The monoisotopic (exact) mass is 319 g/mol. The van der Waals surface area contributed by atoms with E-state index in [1.165, 1.54) is 0 Å². The zero-order valence-corrected chi connectivity index (χ0v) is 13.0. The second-order valence-corrected chi connectivity index (χ2v) is 5.28. The van der Waals surface area contributed by atoms with Gasteiger partial charge in [-0.2, -0.15) is 0 Å². The minimum absolute atomic E-state index is 0.00647. The van der Waals surface area contributed by atoms with Crippen molar-refractivity contribution in [3.63, 3.8) is 0 Å². The molecule has 0 aliphatic rings. The molecule has 0 atom stereocenters. The Labute approximate surface area is 140 Å². The van der Waals surface area contributed by atoms with E-state index >= 15 is 0 Å². The Hall–Kier alpha value is -3.27. The predicted octanol–water partition coefficient (Wildman–Crippen LogP) is 4.81. The summed E-state index contributed by atoms with van der Waals surface area (Å²) >= 11 is 0. The van der Waals surface area contributed by atoms with Gasteiger partial charge in [0, 0.05) is 0 Å². The SMILES string of the molecule is O=C(Nc1ccc(-c2ccccc2)cc1O)OCc1ccccc1.